The standard InChI is InChI=1S/C24H27FN4O2/c1-3-31-17(2)22-10-9-21(24(30)28-16-19-7-5-12-26-15-19)23(29-22)27-13-11-18-6-4-8-20(25)14-18/h4-10,12,14-15,17H,3,11,13,16H2,1-2H3,(H,27,29)(H,28,30). The number of carbonyl (C=O) groups excluding carboxylic acids is 1. The smallest absolute Gasteiger partial charge is 0.255 e. The summed E-state index contributed by atoms with van der Waals surface area (Å²) in [5.41, 5.74) is 2.95. The predicted molar refractivity (Wildman–Crippen MR) is 118 cm³/mol. The normalized spacial score (nSPS) is 11.7. The maximum atomic E-state index is 13.4. The number of halogens is 1. The van der Waals surface area contributed by atoms with Crippen molar-refractivity contribution in [3.05, 3.63) is 89.1 Å². The number of hydrogen-bond acceptors (Lipinski definition) is 5. The lowest BCUT2D eigenvalue weighted by molar-refractivity contribution is 0.0733. The third kappa shape index (κ3) is 6.58. The van der Waals surface area contributed by atoms with Crippen LogP contribution in [0.15, 0.2) is 60.9 Å². The van der Waals surface area contributed by atoms with E-state index >= 15 is 0 Å². The molecule has 0 spiro atoms. The van der Waals surface area contributed by atoms with Crippen LogP contribution in [0.3, 0.4) is 0 Å². The number of rotatable bonds is 10. The Morgan fingerprint density at radius 1 is 1.16 bits per heavy atom. The Labute approximate surface area is 181 Å². The minimum atomic E-state index is -0.265. The van der Waals surface area contributed by atoms with Crippen molar-refractivity contribution in [3.63, 3.8) is 0 Å². The number of pyridine rings is 2. The molecule has 6 nitrogen and oxygen atoms in total. The van der Waals surface area contributed by atoms with Gasteiger partial charge in [0.05, 0.1) is 17.4 Å². The van der Waals surface area contributed by atoms with Crippen LogP contribution in [0, 0.1) is 5.82 Å². The van der Waals surface area contributed by atoms with Gasteiger partial charge in [-0.3, -0.25) is 9.78 Å². The lowest BCUT2D eigenvalue weighted by atomic mass is 10.1. The van der Waals surface area contributed by atoms with E-state index in [-0.39, 0.29) is 17.8 Å². The van der Waals surface area contributed by atoms with Crippen molar-refractivity contribution in [2.45, 2.75) is 32.9 Å². The number of nitrogens with zero attached hydrogens (tertiary/aromatic N) is 2. The molecule has 162 valence electrons. The Bertz CT molecular complexity index is 998. The van der Waals surface area contributed by atoms with E-state index in [1.54, 1.807) is 30.6 Å². The van der Waals surface area contributed by atoms with Crippen molar-refractivity contribution in [2.24, 2.45) is 0 Å². The molecule has 1 unspecified atom stereocenters. The molecule has 0 fully saturated rings. The van der Waals surface area contributed by atoms with Crippen LogP contribution in [0.2, 0.25) is 0 Å². The van der Waals surface area contributed by atoms with Gasteiger partial charge in [0.1, 0.15) is 11.6 Å². The number of anilines is 1. The Balaban J connectivity index is 1.73. The fraction of sp³-hybridized carbons (Fsp3) is 0.292. The summed E-state index contributed by atoms with van der Waals surface area (Å²) >= 11 is 0. The molecular formula is C24H27FN4O2. The van der Waals surface area contributed by atoms with E-state index in [0.717, 1.165) is 16.8 Å². The van der Waals surface area contributed by atoms with Crippen LogP contribution in [0.25, 0.3) is 0 Å². The summed E-state index contributed by atoms with van der Waals surface area (Å²) in [6.45, 7) is 5.29. The molecule has 2 aromatic heterocycles. The number of hydrogen-bond donors (Lipinski definition) is 2. The molecule has 2 heterocycles. The van der Waals surface area contributed by atoms with Crippen molar-refractivity contribution in [2.75, 3.05) is 18.5 Å². The number of carbonyl (C=O) groups is 1. The minimum Gasteiger partial charge on any atom is -0.372 e. The number of benzene rings is 1. The SMILES string of the molecule is CCOC(C)c1ccc(C(=O)NCc2cccnc2)c(NCCc2cccc(F)c2)n1. The zero-order chi connectivity index (χ0) is 22.1. The minimum absolute atomic E-state index is 0.193. The van der Waals surface area contributed by atoms with Gasteiger partial charge in [0.15, 0.2) is 0 Å². The molecule has 1 aromatic carbocycles. The first-order chi connectivity index (χ1) is 15.1. The first-order valence-corrected chi connectivity index (χ1v) is 10.3. The molecule has 7 heteroatoms. The molecule has 0 aliphatic rings. The van der Waals surface area contributed by atoms with E-state index in [1.165, 1.54) is 12.1 Å². The third-order valence-corrected chi connectivity index (χ3v) is 4.77. The van der Waals surface area contributed by atoms with Crippen molar-refractivity contribution >= 4 is 11.7 Å². The number of amides is 1. The summed E-state index contributed by atoms with van der Waals surface area (Å²) in [7, 11) is 0. The molecule has 0 aliphatic heterocycles. The average Bonchev–Trinajstić information content (AvgIpc) is 2.78. The van der Waals surface area contributed by atoms with E-state index in [4.69, 9.17) is 4.74 Å². The second kappa shape index (κ2) is 11.2. The highest BCUT2D eigenvalue weighted by atomic mass is 19.1. The molecule has 2 N–H and O–H groups in total. The largest absolute Gasteiger partial charge is 0.372 e. The quantitative estimate of drug-likeness (QED) is 0.510. The number of nitrogens with one attached hydrogen (secondary N) is 2. The first-order valence-electron chi connectivity index (χ1n) is 10.3. The maximum Gasteiger partial charge on any atom is 0.255 e. The van der Waals surface area contributed by atoms with E-state index in [9.17, 15) is 9.18 Å². The Kier molecular flexibility index (Phi) is 8.06. The summed E-state index contributed by atoms with van der Waals surface area (Å²) in [4.78, 5) is 21.5. The summed E-state index contributed by atoms with van der Waals surface area (Å²) in [5, 5.41) is 6.14. The van der Waals surface area contributed by atoms with Crippen LogP contribution in [0.1, 0.15) is 47.1 Å². The van der Waals surface area contributed by atoms with Crippen LogP contribution in [-0.4, -0.2) is 29.0 Å². The van der Waals surface area contributed by atoms with Crippen molar-refractivity contribution in [1.29, 1.82) is 0 Å². The van der Waals surface area contributed by atoms with Crippen LogP contribution in [-0.2, 0) is 17.7 Å². The Morgan fingerprint density at radius 3 is 2.74 bits per heavy atom. The lowest BCUT2D eigenvalue weighted by Crippen LogP contribution is -2.25. The second-order valence-electron chi connectivity index (χ2n) is 7.08. The van der Waals surface area contributed by atoms with Gasteiger partial charge in [-0.2, -0.15) is 0 Å². The highest BCUT2D eigenvalue weighted by molar-refractivity contribution is 5.98. The molecule has 31 heavy (non-hydrogen) atoms. The van der Waals surface area contributed by atoms with Gasteiger partial charge in [0.2, 0.25) is 0 Å². The predicted octanol–water partition coefficient (Wildman–Crippen LogP) is 4.30. The molecular weight excluding hydrogens is 395 g/mol. The van der Waals surface area contributed by atoms with Gasteiger partial charge in [-0.15, -0.1) is 0 Å². The first kappa shape index (κ1) is 22.4. The molecule has 3 aromatic rings. The van der Waals surface area contributed by atoms with Gasteiger partial charge in [-0.1, -0.05) is 18.2 Å². The fourth-order valence-electron chi connectivity index (χ4n) is 3.15. The monoisotopic (exact) mass is 422 g/mol. The summed E-state index contributed by atoms with van der Waals surface area (Å²) in [6.07, 6.45) is 3.81. The van der Waals surface area contributed by atoms with E-state index in [1.807, 2.05) is 32.0 Å². The van der Waals surface area contributed by atoms with Crippen LogP contribution >= 0.6 is 0 Å². The second-order valence-corrected chi connectivity index (χ2v) is 7.08. The van der Waals surface area contributed by atoms with Gasteiger partial charge in [0, 0.05) is 32.1 Å². The molecule has 0 saturated carbocycles. The fourth-order valence-corrected chi connectivity index (χ4v) is 3.15. The van der Waals surface area contributed by atoms with Gasteiger partial charge < -0.3 is 15.4 Å². The zero-order valence-electron chi connectivity index (χ0n) is 17.8. The van der Waals surface area contributed by atoms with Crippen LogP contribution in [0.4, 0.5) is 10.2 Å². The van der Waals surface area contributed by atoms with Crippen LogP contribution in [0.5, 0.6) is 0 Å². The lowest BCUT2D eigenvalue weighted by Gasteiger charge is -2.16. The summed E-state index contributed by atoms with van der Waals surface area (Å²) < 4.78 is 19.1. The zero-order valence-corrected chi connectivity index (χ0v) is 17.8. The molecule has 1 atom stereocenters. The maximum absolute atomic E-state index is 13.4. The van der Waals surface area contributed by atoms with Gasteiger partial charge in [-0.25, -0.2) is 9.37 Å². The van der Waals surface area contributed by atoms with Gasteiger partial charge in [0.25, 0.3) is 5.91 Å². The number of aromatic nitrogens is 2. The molecule has 0 saturated heterocycles. The van der Waals surface area contributed by atoms with Gasteiger partial charge in [-0.05, 0) is 61.7 Å². The Morgan fingerprint density at radius 2 is 2.00 bits per heavy atom. The topological polar surface area (TPSA) is 76.1 Å². The highest BCUT2D eigenvalue weighted by Crippen LogP contribution is 2.20. The Hall–Kier alpha value is -3.32. The van der Waals surface area contributed by atoms with Crippen molar-refractivity contribution < 1.29 is 13.9 Å². The van der Waals surface area contributed by atoms with E-state index in [0.29, 0.717) is 37.5 Å². The van der Waals surface area contributed by atoms with E-state index in [2.05, 4.69) is 20.6 Å². The molecule has 0 bridgehead atoms. The van der Waals surface area contributed by atoms with Gasteiger partial charge >= 0.3 is 0 Å². The average molecular weight is 423 g/mol. The van der Waals surface area contributed by atoms with Crippen molar-refractivity contribution in [3.8, 4) is 0 Å². The third-order valence-electron chi connectivity index (χ3n) is 4.77. The van der Waals surface area contributed by atoms with E-state index < -0.39 is 0 Å². The van der Waals surface area contributed by atoms with Crippen LogP contribution < -0.4 is 10.6 Å². The molecule has 0 aliphatic carbocycles. The van der Waals surface area contributed by atoms with Crippen molar-refractivity contribution in [1.82, 2.24) is 15.3 Å². The molecule has 3 rings (SSSR count). The summed E-state index contributed by atoms with van der Waals surface area (Å²) in [5.74, 6) is -0.0250. The molecule has 1 amide bonds. The molecule has 0 radical (unpaired) electrons. The highest BCUT2D eigenvalue weighted by Gasteiger charge is 2.16. The number of ether oxygens (including phenoxy) is 1. The summed E-state index contributed by atoms with van der Waals surface area (Å²) in [6, 6.07) is 13.8.